The number of rotatable bonds is 3. The zero-order valence-corrected chi connectivity index (χ0v) is 12.8. The Bertz CT molecular complexity index is 907. The fourth-order valence-electron chi connectivity index (χ4n) is 2.46. The van der Waals surface area contributed by atoms with Crippen molar-refractivity contribution in [3.8, 4) is 34.4 Å². The molecule has 2 aromatic heterocycles. The van der Waals surface area contributed by atoms with Crippen LogP contribution < -0.4 is 10.5 Å². The number of benzene rings is 1. The monoisotopic (exact) mass is 305 g/mol. The largest absolute Gasteiger partial charge is 0.496 e. The van der Waals surface area contributed by atoms with Crippen LogP contribution in [-0.4, -0.2) is 12.1 Å². The topological polar surface area (TPSA) is 85.1 Å². The van der Waals surface area contributed by atoms with Crippen LogP contribution in [0.25, 0.3) is 22.6 Å². The van der Waals surface area contributed by atoms with Gasteiger partial charge < -0.3 is 14.9 Å². The van der Waals surface area contributed by atoms with E-state index in [9.17, 15) is 5.26 Å². The molecule has 2 heterocycles. The molecule has 0 aliphatic heterocycles. The Labute approximate surface area is 134 Å². The lowest BCUT2D eigenvalue weighted by atomic mass is 9.99. The van der Waals surface area contributed by atoms with Gasteiger partial charge in [-0.15, -0.1) is 0 Å². The highest BCUT2D eigenvalue weighted by Gasteiger charge is 2.17. The van der Waals surface area contributed by atoms with Gasteiger partial charge in [-0.3, -0.25) is 0 Å². The number of ether oxygens (including phenoxy) is 1. The fraction of sp³-hybridized carbons (Fsp3) is 0.111. The maximum Gasteiger partial charge on any atom is 0.152 e. The summed E-state index contributed by atoms with van der Waals surface area (Å²) in [5.41, 5.74) is 8.34. The zero-order chi connectivity index (χ0) is 16.4. The molecule has 0 spiro atoms. The second kappa shape index (κ2) is 5.85. The van der Waals surface area contributed by atoms with Crippen LogP contribution in [0.15, 0.2) is 46.9 Å². The molecule has 0 atom stereocenters. The first-order valence-corrected chi connectivity index (χ1v) is 7.05. The molecule has 114 valence electrons. The van der Waals surface area contributed by atoms with Gasteiger partial charge >= 0.3 is 0 Å². The van der Waals surface area contributed by atoms with Gasteiger partial charge in [0.1, 0.15) is 34.7 Å². The number of methoxy groups -OCH3 is 1. The predicted molar refractivity (Wildman–Crippen MR) is 87.8 cm³/mol. The zero-order valence-electron chi connectivity index (χ0n) is 12.8. The minimum Gasteiger partial charge on any atom is -0.496 e. The average Bonchev–Trinajstić information content (AvgIpc) is 3.00. The van der Waals surface area contributed by atoms with Crippen LogP contribution in [0.4, 0.5) is 5.82 Å². The van der Waals surface area contributed by atoms with Gasteiger partial charge in [0.25, 0.3) is 0 Å². The van der Waals surface area contributed by atoms with E-state index in [-0.39, 0.29) is 5.82 Å². The lowest BCUT2D eigenvalue weighted by Gasteiger charge is -2.12. The number of hydrogen-bond acceptors (Lipinski definition) is 5. The first-order valence-electron chi connectivity index (χ1n) is 7.05. The Kier molecular flexibility index (Phi) is 3.73. The minimum atomic E-state index is 0.167. The molecule has 0 bridgehead atoms. The molecule has 0 aliphatic carbocycles. The van der Waals surface area contributed by atoms with Crippen molar-refractivity contribution < 1.29 is 9.15 Å². The average molecular weight is 305 g/mol. The second-order valence-corrected chi connectivity index (χ2v) is 5.04. The minimum absolute atomic E-state index is 0.167. The number of anilines is 1. The first-order chi connectivity index (χ1) is 11.1. The fourth-order valence-corrected chi connectivity index (χ4v) is 2.46. The van der Waals surface area contributed by atoms with E-state index in [1.807, 2.05) is 43.3 Å². The molecular formula is C18H15N3O2. The van der Waals surface area contributed by atoms with Gasteiger partial charge in [-0.2, -0.15) is 5.26 Å². The Morgan fingerprint density at radius 3 is 2.61 bits per heavy atom. The van der Waals surface area contributed by atoms with Crippen LogP contribution in [-0.2, 0) is 0 Å². The molecule has 3 aromatic rings. The third kappa shape index (κ3) is 2.62. The van der Waals surface area contributed by atoms with Gasteiger partial charge in [-0.25, -0.2) is 4.98 Å². The molecule has 0 unspecified atom stereocenters. The van der Waals surface area contributed by atoms with Crippen LogP contribution in [0.3, 0.4) is 0 Å². The van der Waals surface area contributed by atoms with Crippen LogP contribution in [0.1, 0.15) is 11.3 Å². The van der Waals surface area contributed by atoms with Gasteiger partial charge in [-0.05, 0) is 31.2 Å². The summed E-state index contributed by atoms with van der Waals surface area (Å²) in [5, 5.41) is 9.46. The molecule has 0 amide bonds. The highest BCUT2D eigenvalue weighted by atomic mass is 16.5. The van der Waals surface area contributed by atoms with Gasteiger partial charge in [0.15, 0.2) is 5.76 Å². The SMILES string of the molecule is COc1ccccc1-c1cc(-c2ccc(C)o2)nc(N)c1C#N. The number of aryl methyl sites for hydroxylation is 1. The number of pyridine rings is 1. The Hall–Kier alpha value is -3.26. The van der Waals surface area contributed by atoms with Crippen LogP contribution in [0, 0.1) is 18.3 Å². The molecule has 0 fully saturated rings. The van der Waals surface area contributed by atoms with E-state index in [2.05, 4.69) is 11.1 Å². The molecular weight excluding hydrogens is 290 g/mol. The number of aromatic nitrogens is 1. The van der Waals surface area contributed by atoms with Crippen molar-refractivity contribution in [2.75, 3.05) is 12.8 Å². The van der Waals surface area contributed by atoms with Crippen molar-refractivity contribution in [3.05, 3.63) is 53.8 Å². The standard InChI is InChI=1S/C18H15N3O2/c1-11-7-8-17(23-11)15-9-13(14(10-19)18(20)21-15)12-5-3-4-6-16(12)22-2/h3-9H,1-2H3,(H2,20,21). The molecule has 5 heteroatoms. The molecule has 0 radical (unpaired) electrons. The number of nitrogen functional groups attached to an aromatic ring is 1. The summed E-state index contributed by atoms with van der Waals surface area (Å²) in [6.07, 6.45) is 0. The van der Waals surface area contributed by atoms with E-state index in [0.717, 1.165) is 11.3 Å². The third-order valence-electron chi connectivity index (χ3n) is 3.55. The van der Waals surface area contributed by atoms with E-state index in [0.29, 0.717) is 28.3 Å². The van der Waals surface area contributed by atoms with Crippen LogP contribution in [0.5, 0.6) is 5.75 Å². The Morgan fingerprint density at radius 2 is 1.96 bits per heavy atom. The summed E-state index contributed by atoms with van der Waals surface area (Å²) in [4.78, 5) is 4.29. The summed E-state index contributed by atoms with van der Waals surface area (Å²) < 4.78 is 11.0. The van der Waals surface area contributed by atoms with Crippen molar-refractivity contribution in [2.24, 2.45) is 0 Å². The Balaban J connectivity index is 2.27. The maximum atomic E-state index is 9.46. The number of nitrogens with two attached hydrogens (primary N) is 1. The van der Waals surface area contributed by atoms with Crippen molar-refractivity contribution in [3.63, 3.8) is 0 Å². The van der Waals surface area contributed by atoms with Crippen molar-refractivity contribution in [1.29, 1.82) is 5.26 Å². The van der Waals surface area contributed by atoms with E-state index < -0.39 is 0 Å². The van der Waals surface area contributed by atoms with Crippen LogP contribution >= 0.6 is 0 Å². The summed E-state index contributed by atoms with van der Waals surface area (Å²) >= 11 is 0. The molecule has 0 saturated heterocycles. The van der Waals surface area contributed by atoms with Gasteiger partial charge in [0.2, 0.25) is 0 Å². The predicted octanol–water partition coefficient (Wildman–Crippen LogP) is 3.78. The molecule has 0 saturated carbocycles. The molecule has 2 N–H and O–H groups in total. The Morgan fingerprint density at radius 1 is 1.17 bits per heavy atom. The number of furan rings is 1. The highest BCUT2D eigenvalue weighted by Crippen LogP contribution is 2.36. The number of nitrogens with zero attached hydrogens (tertiary/aromatic N) is 2. The maximum absolute atomic E-state index is 9.46. The van der Waals surface area contributed by atoms with E-state index >= 15 is 0 Å². The molecule has 23 heavy (non-hydrogen) atoms. The molecule has 0 aliphatic rings. The molecule has 1 aromatic carbocycles. The van der Waals surface area contributed by atoms with Crippen molar-refractivity contribution >= 4 is 5.82 Å². The summed E-state index contributed by atoms with van der Waals surface area (Å²) in [6, 6.07) is 15.1. The smallest absolute Gasteiger partial charge is 0.152 e. The van der Waals surface area contributed by atoms with Gasteiger partial charge in [-0.1, -0.05) is 18.2 Å². The third-order valence-corrected chi connectivity index (χ3v) is 3.55. The lowest BCUT2D eigenvalue weighted by Crippen LogP contribution is -2.00. The first kappa shape index (κ1) is 14.7. The summed E-state index contributed by atoms with van der Waals surface area (Å²) in [6.45, 7) is 1.86. The lowest BCUT2D eigenvalue weighted by molar-refractivity contribution is 0.416. The number of hydrogen-bond donors (Lipinski definition) is 1. The van der Waals surface area contributed by atoms with E-state index in [1.54, 1.807) is 13.2 Å². The van der Waals surface area contributed by atoms with Gasteiger partial charge in [0.05, 0.1) is 7.11 Å². The van der Waals surface area contributed by atoms with E-state index in [4.69, 9.17) is 14.9 Å². The quantitative estimate of drug-likeness (QED) is 0.796. The van der Waals surface area contributed by atoms with Gasteiger partial charge in [0, 0.05) is 11.1 Å². The number of para-hydroxylation sites is 1. The molecule has 5 nitrogen and oxygen atoms in total. The number of nitriles is 1. The molecule has 3 rings (SSSR count). The summed E-state index contributed by atoms with van der Waals surface area (Å²) in [5.74, 6) is 2.22. The van der Waals surface area contributed by atoms with Crippen LogP contribution in [0.2, 0.25) is 0 Å². The van der Waals surface area contributed by atoms with Crippen molar-refractivity contribution in [1.82, 2.24) is 4.98 Å². The van der Waals surface area contributed by atoms with E-state index in [1.165, 1.54) is 0 Å². The highest BCUT2D eigenvalue weighted by molar-refractivity contribution is 5.82. The van der Waals surface area contributed by atoms with Crippen molar-refractivity contribution in [2.45, 2.75) is 6.92 Å². The summed E-state index contributed by atoms with van der Waals surface area (Å²) in [7, 11) is 1.59. The normalized spacial score (nSPS) is 10.3. The second-order valence-electron chi connectivity index (χ2n) is 5.04.